The van der Waals surface area contributed by atoms with Crippen LogP contribution < -0.4 is 5.32 Å². The van der Waals surface area contributed by atoms with Gasteiger partial charge in [0.15, 0.2) is 0 Å². The van der Waals surface area contributed by atoms with Crippen LogP contribution in [0.1, 0.15) is 30.2 Å². The van der Waals surface area contributed by atoms with Crippen molar-refractivity contribution in [2.24, 2.45) is 0 Å². The molecule has 72 valence electrons. The molecule has 0 bridgehead atoms. The summed E-state index contributed by atoms with van der Waals surface area (Å²) in [6, 6.07) is 2.80. The van der Waals surface area contributed by atoms with Crippen LogP contribution in [0, 0.1) is 0 Å². The van der Waals surface area contributed by atoms with Gasteiger partial charge in [-0.3, -0.25) is 0 Å². The van der Waals surface area contributed by atoms with Gasteiger partial charge in [-0.25, -0.2) is 0 Å². The van der Waals surface area contributed by atoms with E-state index < -0.39 is 0 Å². The van der Waals surface area contributed by atoms with Crippen molar-refractivity contribution in [1.82, 2.24) is 5.32 Å². The normalized spacial score (nSPS) is 23.4. The monoisotopic (exact) mass is 323 g/mol. The molecule has 13 heavy (non-hydrogen) atoms. The Morgan fingerprint density at radius 1 is 1.38 bits per heavy atom. The number of piperidine rings is 1. The van der Waals surface area contributed by atoms with E-state index >= 15 is 0 Å². The highest BCUT2D eigenvalue weighted by Crippen LogP contribution is 2.37. The first kappa shape index (κ1) is 10.1. The van der Waals surface area contributed by atoms with E-state index in [1.165, 1.54) is 32.4 Å². The maximum atomic E-state index is 3.54. The fourth-order valence-electron chi connectivity index (χ4n) is 1.63. The van der Waals surface area contributed by atoms with E-state index in [4.69, 9.17) is 0 Å². The van der Waals surface area contributed by atoms with E-state index in [2.05, 4.69) is 43.2 Å². The second-order valence-electron chi connectivity index (χ2n) is 3.27. The molecule has 2 heterocycles. The minimum Gasteiger partial charge on any atom is -0.309 e. The summed E-state index contributed by atoms with van der Waals surface area (Å²) in [4.78, 5) is 1.44. The van der Waals surface area contributed by atoms with Crippen molar-refractivity contribution in [2.75, 3.05) is 6.54 Å². The van der Waals surface area contributed by atoms with Crippen molar-refractivity contribution in [1.29, 1.82) is 0 Å². The molecule has 0 unspecified atom stereocenters. The summed E-state index contributed by atoms with van der Waals surface area (Å²) in [6.45, 7) is 1.16. The molecule has 1 N–H and O–H groups in total. The van der Waals surface area contributed by atoms with Gasteiger partial charge in [-0.15, -0.1) is 11.3 Å². The number of hydrogen-bond donors (Lipinski definition) is 1. The molecule has 1 atom stereocenters. The molecule has 2 rings (SSSR count). The van der Waals surface area contributed by atoms with E-state index in [0.29, 0.717) is 6.04 Å². The summed E-state index contributed by atoms with van der Waals surface area (Å²) in [5.41, 5.74) is 0. The maximum absolute atomic E-state index is 3.54. The molecule has 1 fully saturated rings. The minimum absolute atomic E-state index is 0.585. The lowest BCUT2D eigenvalue weighted by Gasteiger charge is -2.21. The number of halogens is 2. The standard InChI is InChI=1S/C9H11Br2NS/c10-6-5-8(13-9(6)11)7-3-1-2-4-12-7/h5,7,12H,1-4H2/t7-/m1/s1. The third-order valence-electron chi connectivity index (χ3n) is 2.32. The van der Waals surface area contributed by atoms with Crippen LogP contribution in [0.25, 0.3) is 0 Å². The fourth-order valence-corrected chi connectivity index (χ4v) is 3.83. The van der Waals surface area contributed by atoms with Crippen molar-refractivity contribution in [2.45, 2.75) is 25.3 Å². The zero-order chi connectivity index (χ0) is 9.26. The van der Waals surface area contributed by atoms with E-state index in [1.807, 2.05) is 11.3 Å². The third-order valence-corrected chi connectivity index (χ3v) is 5.69. The SMILES string of the molecule is Brc1cc([C@H]2CCCCN2)sc1Br. The van der Waals surface area contributed by atoms with E-state index in [9.17, 15) is 0 Å². The largest absolute Gasteiger partial charge is 0.309 e. The summed E-state index contributed by atoms with van der Waals surface area (Å²) >= 11 is 8.87. The van der Waals surface area contributed by atoms with Crippen molar-refractivity contribution < 1.29 is 0 Å². The van der Waals surface area contributed by atoms with Gasteiger partial charge < -0.3 is 5.32 Å². The van der Waals surface area contributed by atoms with Gasteiger partial charge in [0.25, 0.3) is 0 Å². The van der Waals surface area contributed by atoms with Crippen LogP contribution in [0.3, 0.4) is 0 Å². The molecule has 4 heteroatoms. The summed E-state index contributed by atoms with van der Waals surface area (Å²) in [5.74, 6) is 0. The van der Waals surface area contributed by atoms with Crippen molar-refractivity contribution in [3.63, 3.8) is 0 Å². The lowest BCUT2D eigenvalue weighted by atomic mass is 10.0. The Bertz CT molecular complexity index is 272. The smallest absolute Gasteiger partial charge is 0.0843 e. The van der Waals surface area contributed by atoms with Crippen LogP contribution in [-0.4, -0.2) is 6.54 Å². The molecule has 1 aliphatic heterocycles. The highest BCUT2D eigenvalue weighted by Gasteiger charge is 2.17. The third kappa shape index (κ3) is 2.35. The van der Waals surface area contributed by atoms with Crippen LogP contribution >= 0.6 is 43.2 Å². The lowest BCUT2D eigenvalue weighted by molar-refractivity contribution is 0.417. The summed E-state index contributed by atoms with van der Waals surface area (Å²) in [7, 11) is 0. The molecule has 0 radical (unpaired) electrons. The van der Waals surface area contributed by atoms with Crippen LogP contribution in [0.5, 0.6) is 0 Å². The Labute approximate surface area is 99.2 Å². The van der Waals surface area contributed by atoms with Gasteiger partial charge in [-0.2, -0.15) is 0 Å². The van der Waals surface area contributed by atoms with Crippen LogP contribution in [0.15, 0.2) is 14.3 Å². The van der Waals surface area contributed by atoms with Gasteiger partial charge in [-0.05, 0) is 57.3 Å². The second kappa shape index (κ2) is 4.43. The predicted octanol–water partition coefficient (Wildman–Crippen LogP) is 4.09. The van der Waals surface area contributed by atoms with Gasteiger partial charge in [0.2, 0.25) is 0 Å². The number of hydrogen-bond acceptors (Lipinski definition) is 2. The van der Waals surface area contributed by atoms with Crippen LogP contribution in [-0.2, 0) is 0 Å². The molecule has 1 saturated heterocycles. The molecule has 0 aromatic carbocycles. The molecule has 0 aliphatic carbocycles. The fraction of sp³-hybridized carbons (Fsp3) is 0.556. The topological polar surface area (TPSA) is 12.0 Å². The molecule has 0 saturated carbocycles. The van der Waals surface area contributed by atoms with Gasteiger partial charge in [0.05, 0.1) is 3.79 Å². The van der Waals surface area contributed by atoms with Gasteiger partial charge >= 0.3 is 0 Å². The van der Waals surface area contributed by atoms with Crippen LogP contribution in [0.2, 0.25) is 0 Å². The highest BCUT2D eigenvalue weighted by molar-refractivity contribution is 9.13. The quantitative estimate of drug-likeness (QED) is 0.820. The van der Waals surface area contributed by atoms with E-state index in [0.717, 1.165) is 6.54 Å². The Hall–Kier alpha value is 0.620. The number of rotatable bonds is 1. The number of nitrogens with one attached hydrogen (secondary N) is 1. The molecule has 1 aliphatic rings. The second-order valence-corrected chi connectivity index (χ2v) is 6.53. The van der Waals surface area contributed by atoms with E-state index in [1.54, 1.807) is 0 Å². The maximum Gasteiger partial charge on any atom is 0.0843 e. The lowest BCUT2D eigenvalue weighted by Crippen LogP contribution is -2.25. The first-order chi connectivity index (χ1) is 6.27. The molecular weight excluding hydrogens is 314 g/mol. The summed E-state index contributed by atoms with van der Waals surface area (Å²) in [6.07, 6.45) is 3.95. The molecule has 1 aromatic rings. The van der Waals surface area contributed by atoms with Gasteiger partial charge in [-0.1, -0.05) is 6.42 Å². The molecular formula is C9H11Br2NS. The number of thiophene rings is 1. The average molecular weight is 325 g/mol. The average Bonchev–Trinajstić information content (AvgIpc) is 2.49. The van der Waals surface area contributed by atoms with E-state index in [-0.39, 0.29) is 0 Å². The first-order valence-corrected chi connectivity index (χ1v) is 6.86. The van der Waals surface area contributed by atoms with Crippen molar-refractivity contribution in [3.05, 3.63) is 19.2 Å². The van der Waals surface area contributed by atoms with Crippen molar-refractivity contribution in [3.8, 4) is 0 Å². The molecule has 1 aromatic heterocycles. The zero-order valence-electron chi connectivity index (χ0n) is 7.15. The highest BCUT2D eigenvalue weighted by atomic mass is 79.9. The Morgan fingerprint density at radius 3 is 2.77 bits per heavy atom. The van der Waals surface area contributed by atoms with Gasteiger partial charge in [0, 0.05) is 15.4 Å². The van der Waals surface area contributed by atoms with Crippen LogP contribution in [0.4, 0.5) is 0 Å². The summed E-state index contributed by atoms with van der Waals surface area (Å²) < 4.78 is 2.38. The Morgan fingerprint density at radius 2 is 2.23 bits per heavy atom. The molecule has 0 spiro atoms. The Kier molecular flexibility index (Phi) is 3.46. The summed E-state index contributed by atoms with van der Waals surface area (Å²) in [5, 5.41) is 3.54. The predicted molar refractivity (Wildman–Crippen MR) is 64.3 cm³/mol. The first-order valence-electron chi connectivity index (χ1n) is 4.45. The van der Waals surface area contributed by atoms with Crippen molar-refractivity contribution >= 4 is 43.2 Å². The van der Waals surface area contributed by atoms with Gasteiger partial charge in [0.1, 0.15) is 0 Å². The molecule has 1 nitrogen and oxygen atoms in total. The molecule has 0 amide bonds. The minimum atomic E-state index is 0.585. The zero-order valence-corrected chi connectivity index (χ0v) is 11.1. The Balaban J connectivity index is 2.14.